The molecule has 30 heavy (non-hydrogen) atoms. The molecule has 0 aromatic heterocycles. The van der Waals surface area contributed by atoms with Gasteiger partial charge >= 0.3 is 5.97 Å². The molecule has 2 N–H and O–H groups in total. The first-order chi connectivity index (χ1) is 14.5. The van der Waals surface area contributed by atoms with Crippen molar-refractivity contribution in [1.29, 1.82) is 0 Å². The molecule has 2 aliphatic heterocycles. The Bertz CT molecular complexity index is 625. The zero-order valence-corrected chi connectivity index (χ0v) is 18.0. The van der Waals surface area contributed by atoms with Crippen LogP contribution in [0.1, 0.15) is 83.5 Å². The average Bonchev–Trinajstić information content (AvgIpc) is 3.35. The zero-order valence-electron chi connectivity index (χ0n) is 18.0. The van der Waals surface area contributed by atoms with Crippen LogP contribution >= 0.6 is 0 Å². The van der Waals surface area contributed by atoms with Gasteiger partial charge in [-0.25, -0.2) is 0 Å². The van der Waals surface area contributed by atoms with E-state index < -0.39 is 5.97 Å². The topological polar surface area (TPSA) is 92.7 Å². The van der Waals surface area contributed by atoms with Crippen molar-refractivity contribution in [1.82, 2.24) is 5.32 Å². The standard InChI is InChI=1S/C24H37NO5/c26-20(17-8-4-3-5-9-17)12-15-23(27)25-16-19-18(21-13-14-22(19)30-21)10-6-1-2-7-11-24(28)29/h1,6,17-19,21-22H,2-5,7-16H2,(H,25,27)(H,28,29)/b6-1-/t18-,19+,21-,22+/m1/s1. The second-order valence-electron chi connectivity index (χ2n) is 9.22. The number of amides is 1. The van der Waals surface area contributed by atoms with Crippen LogP contribution in [0.25, 0.3) is 0 Å². The van der Waals surface area contributed by atoms with Crippen molar-refractivity contribution >= 4 is 17.7 Å². The molecule has 2 saturated heterocycles. The number of carbonyl (C=O) groups excluding carboxylic acids is 2. The predicted molar refractivity (Wildman–Crippen MR) is 114 cm³/mol. The van der Waals surface area contributed by atoms with Gasteiger partial charge in [-0.3, -0.25) is 14.4 Å². The summed E-state index contributed by atoms with van der Waals surface area (Å²) in [6.45, 7) is 0.620. The lowest BCUT2D eigenvalue weighted by molar-refractivity contribution is -0.137. The van der Waals surface area contributed by atoms with E-state index in [1.807, 2.05) is 0 Å². The molecule has 1 saturated carbocycles. The molecule has 1 amide bonds. The van der Waals surface area contributed by atoms with Crippen LogP contribution < -0.4 is 5.32 Å². The number of fused-ring (bicyclic) bond motifs is 2. The summed E-state index contributed by atoms with van der Waals surface area (Å²) in [5.74, 6) is 0.399. The van der Waals surface area contributed by atoms with E-state index in [4.69, 9.17) is 9.84 Å². The molecule has 0 spiro atoms. The highest BCUT2D eigenvalue weighted by molar-refractivity contribution is 5.86. The number of Topliss-reactive ketones (excluding diaryl/α,β-unsaturated/α-hetero) is 1. The molecule has 3 fully saturated rings. The third-order valence-electron chi connectivity index (χ3n) is 7.12. The van der Waals surface area contributed by atoms with Gasteiger partial charge in [0.2, 0.25) is 5.91 Å². The van der Waals surface area contributed by atoms with Gasteiger partial charge in [0.25, 0.3) is 0 Å². The van der Waals surface area contributed by atoms with E-state index in [1.54, 1.807) is 0 Å². The van der Waals surface area contributed by atoms with Crippen molar-refractivity contribution in [2.24, 2.45) is 17.8 Å². The maximum Gasteiger partial charge on any atom is 0.303 e. The molecule has 6 heteroatoms. The van der Waals surface area contributed by atoms with Crippen LogP contribution in [-0.2, 0) is 19.1 Å². The molecule has 168 valence electrons. The number of unbranched alkanes of at least 4 members (excludes halogenated alkanes) is 1. The van der Waals surface area contributed by atoms with E-state index in [0.29, 0.717) is 37.6 Å². The largest absolute Gasteiger partial charge is 0.481 e. The number of aliphatic carboxylic acids is 1. The fraction of sp³-hybridized carbons (Fsp3) is 0.792. The van der Waals surface area contributed by atoms with Crippen molar-refractivity contribution in [3.63, 3.8) is 0 Å². The Labute approximate surface area is 179 Å². The van der Waals surface area contributed by atoms with Gasteiger partial charge in [-0.05, 0) is 50.9 Å². The summed E-state index contributed by atoms with van der Waals surface area (Å²) in [7, 11) is 0. The highest BCUT2D eigenvalue weighted by atomic mass is 16.5. The number of nitrogens with one attached hydrogen (secondary N) is 1. The summed E-state index contributed by atoms with van der Waals surface area (Å²) in [6, 6.07) is 0. The van der Waals surface area contributed by atoms with Crippen molar-refractivity contribution in [2.45, 2.75) is 95.7 Å². The van der Waals surface area contributed by atoms with E-state index in [0.717, 1.165) is 51.4 Å². The summed E-state index contributed by atoms with van der Waals surface area (Å²) in [6.07, 6.45) is 15.6. The van der Waals surface area contributed by atoms with Crippen LogP contribution in [0.4, 0.5) is 0 Å². The van der Waals surface area contributed by atoms with Gasteiger partial charge in [0.15, 0.2) is 0 Å². The normalized spacial score (nSPS) is 28.8. The Hall–Kier alpha value is -1.69. The second kappa shape index (κ2) is 11.6. The van der Waals surface area contributed by atoms with Gasteiger partial charge in [0.05, 0.1) is 12.2 Å². The monoisotopic (exact) mass is 419 g/mol. The van der Waals surface area contributed by atoms with Gasteiger partial charge in [-0.1, -0.05) is 31.4 Å². The Morgan fingerprint density at radius 3 is 2.37 bits per heavy atom. The lowest BCUT2D eigenvalue weighted by atomic mass is 9.77. The molecule has 1 aliphatic carbocycles. The van der Waals surface area contributed by atoms with Crippen LogP contribution in [-0.4, -0.2) is 41.5 Å². The molecule has 0 unspecified atom stereocenters. The number of carboxylic acids is 1. The Morgan fingerprint density at radius 1 is 0.900 bits per heavy atom. The molecule has 6 nitrogen and oxygen atoms in total. The van der Waals surface area contributed by atoms with Crippen LogP contribution in [0.5, 0.6) is 0 Å². The first-order valence-electron chi connectivity index (χ1n) is 11.9. The Kier molecular flexibility index (Phi) is 8.91. The minimum atomic E-state index is -0.749. The highest BCUT2D eigenvalue weighted by Gasteiger charge is 2.47. The molecular formula is C24H37NO5. The lowest BCUT2D eigenvalue weighted by Gasteiger charge is -2.27. The third-order valence-corrected chi connectivity index (χ3v) is 7.12. The van der Waals surface area contributed by atoms with Gasteiger partial charge < -0.3 is 15.2 Å². The van der Waals surface area contributed by atoms with E-state index >= 15 is 0 Å². The van der Waals surface area contributed by atoms with Crippen molar-refractivity contribution in [2.75, 3.05) is 6.54 Å². The number of hydrogen-bond donors (Lipinski definition) is 2. The molecule has 2 bridgehead atoms. The Morgan fingerprint density at radius 2 is 1.63 bits per heavy atom. The number of carbonyl (C=O) groups is 3. The number of hydrogen-bond acceptors (Lipinski definition) is 4. The fourth-order valence-corrected chi connectivity index (χ4v) is 5.41. The summed E-state index contributed by atoms with van der Waals surface area (Å²) >= 11 is 0. The molecule has 0 aromatic rings. The van der Waals surface area contributed by atoms with Crippen molar-refractivity contribution in [3.8, 4) is 0 Å². The second-order valence-corrected chi connectivity index (χ2v) is 9.22. The van der Waals surface area contributed by atoms with E-state index in [1.165, 1.54) is 6.42 Å². The summed E-state index contributed by atoms with van der Waals surface area (Å²) in [5.41, 5.74) is 0. The van der Waals surface area contributed by atoms with Gasteiger partial charge in [-0.2, -0.15) is 0 Å². The average molecular weight is 420 g/mol. The molecule has 0 radical (unpaired) electrons. The number of carboxylic acid groups (broad SMARTS) is 1. The number of allylic oxidation sites excluding steroid dienone is 2. The number of rotatable bonds is 12. The molecule has 0 aromatic carbocycles. The van der Waals surface area contributed by atoms with Crippen molar-refractivity contribution < 1.29 is 24.2 Å². The highest BCUT2D eigenvalue weighted by Crippen LogP contribution is 2.44. The quantitative estimate of drug-likeness (QED) is 0.368. The number of ether oxygens (including phenoxy) is 1. The fourth-order valence-electron chi connectivity index (χ4n) is 5.41. The zero-order chi connectivity index (χ0) is 21.3. The van der Waals surface area contributed by atoms with Gasteiger partial charge in [-0.15, -0.1) is 0 Å². The van der Waals surface area contributed by atoms with E-state index in [2.05, 4.69) is 17.5 Å². The van der Waals surface area contributed by atoms with E-state index in [-0.39, 0.29) is 36.2 Å². The summed E-state index contributed by atoms with van der Waals surface area (Å²) in [5, 5.41) is 11.8. The minimum Gasteiger partial charge on any atom is -0.481 e. The minimum absolute atomic E-state index is 0.0232. The predicted octanol–water partition coefficient (Wildman–Crippen LogP) is 4.03. The maximum absolute atomic E-state index is 12.3. The Balaban J connectivity index is 1.37. The van der Waals surface area contributed by atoms with Crippen molar-refractivity contribution in [3.05, 3.63) is 12.2 Å². The van der Waals surface area contributed by atoms with Gasteiger partial charge in [0, 0.05) is 37.6 Å². The number of ketones is 1. The maximum atomic E-state index is 12.3. The van der Waals surface area contributed by atoms with Crippen LogP contribution in [0, 0.1) is 17.8 Å². The van der Waals surface area contributed by atoms with Crippen LogP contribution in [0.2, 0.25) is 0 Å². The molecule has 3 rings (SSSR count). The third kappa shape index (κ3) is 6.66. The molecule has 2 heterocycles. The first kappa shape index (κ1) is 23.0. The van der Waals surface area contributed by atoms with Crippen LogP contribution in [0.15, 0.2) is 12.2 Å². The summed E-state index contributed by atoms with van der Waals surface area (Å²) < 4.78 is 6.10. The molecule has 3 aliphatic rings. The molecular weight excluding hydrogens is 382 g/mol. The van der Waals surface area contributed by atoms with Crippen LogP contribution in [0.3, 0.4) is 0 Å². The lowest BCUT2D eigenvalue weighted by Crippen LogP contribution is -2.38. The SMILES string of the molecule is O=C(O)CCC/C=C\C[C@@H]1[C@H](CNC(=O)CCC(=O)C2CCCCC2)[C@@H]2CC[C@H]1O2. The summed E-state index contributed by atoms with van der Waals surface area (Å²) in [4.78, 5) is 35.2. The van der Waals surface area contributed by atoms with E-state index in [9.17, 15) is 14.4 Å². The molecule has 4 atom stereocenters. The smallest absolute Gasteiger partial charge is 0.303 e. The first-order valence-corrected chi connectivity index (χ1v) is 11.9. The van der Waals surface area contributed by atoms with Gasteiger partial charge in [0.1, 0.15) is 5.78 Å².